The van der Waals surface area contributed by atoms with Gasteiger partial charge >= 0.3 is 0 Å². The van der Waals surface area contributed by atoms with E-state index in [9.17, 15) is 0 Å². The SMILES string of the molecule is CCNC(=NCC1CCCOC1C(C)(C)C)N(C)Cc1cn(C)nc1C(C)C. The zero-order chi connectivity index (χ0) is 20.9. The Bertz CT molecular complexity index is 644. The third kappa shape index (κ3) is 5.97. The molecule has 1 aliphatic heterocycles. The lowest BCUT2D eigenvalue weighted by Gasteiger charge is -2.39. The molecule has 2 rings (SSSR count). The quantitative estimate of drug-likeness (QED) is 0.592. The molecule has 1 aromatic rings. The number of guanidine groups is 1. The van der Waals surface area contributed by atoms with Crippen LogP contribution in [0.25, 0.3) is 0 Å². The lowest BCUT2D eigenvalue weighted by atomic mass is 9.78. The molecule has 2 heterocycles. The molecular formula is C22H41N5O. The molecule has 1 fully saturated rings. The third-order valence-corrected chi connectivity index (χ3v) is 5.36. The zero-order valence-electron chi connectivity index (χ0n) is 19.2. The molecule has 28 heavy (non-hydrogen) atoms. The Hall–Kier alpha value is -1.56. The minimum Gasteiger partial charge on any atom is -0.377 e. The average molecular weight is 392 g/mol. The number of nitrogens with zero attached hydrogens (tertiary/aromatic N) is 4. The number of hydrogen-bond acceptors (Lipinski definition) is 3. The first-order valence-corrected chi connectivity index (χ1v) is 10.8. The van der Waals surface area contributed by atoms with Crippen LogP contribution in [-0.2, 0) is 18.3 Å². The van der Waals surface area contributed by atoms with Gasteiger partial charge in [-0.05, 0) is 31.1 Å². The van der Waals surface area contributed by atoms with Crippen molar-refractivity contribution in [3.63, 3.8) is 0 Å². The fraction of sp³-hybridized carbons (Fsp3) is 0.818. The maximum Gasteiger partial charge on any atom is 0.193 e. The van der Waals surface area contributed by atoms with E-state index in [0.29, 0.717) is 11.8 Å². The van der Waals surface area contributed by atoms with Gasteiger partial charge in [0, 0.05) is 58.0 Å². The van der Waals surface area contributed by atoms with Gasteiger partial charge in [0.25, 0.3) is 0 Å². The second kappa shape index (κ2) is 9.77. The Morgan fingerprint density at radius 1 is 1.43 bits per heavy atom. The van der Waals surface area contributed by atoms with Crippen LogP contribution in [0.5, 0.6) is 0 Å². The van der Waals surface area contributed by atoms with Gasteiger partial charge in [-0.25, -0.2) is 0 Å². The fourth-order valence-electron chi connectivity index (χ4n) is 4.15. The van der Waals surface area contributed by atoms with E-state index in [-0.39, 0.29) is 11.5 Å². The fourth-order valence-corrected chi connectivity index (χ4v) is 4.15. The molecule has 1 saturated heterocycles. The van der Waals surface area contributed by atoms with Gasteiger partial charge in [-0.15, -0.1) is 0 Å². The Morgan fingerprint density at radius 2 is 2.14 bits per heavy atom. The molecule has 160 valence electrons. The molecule has 6 heteroatoms. The maximum atomic E-state index is 6.13. The van der Waals surface area contributed by atoms with Gasteiger partial charge in [0.05, 0.1) is 11.8 Å². The molecule has 0 aromatic carbocycles. The van der Waals surface area contributed by atoms with E-state index in [2.05, 4.69) is 70.1 Å². The largest absolute Gasteiger partial charge is 0.377 e. The predicted octanol–water partition coefficient (Wildman–Crippen LogP) is 3.78. The van der Waals surface area contributed by atoms with Crippen molar-refractivity contribution in [3.05, 3.63) is 17.5 Å². The van der Waals surface area contributed by atoms with Crippen molar-refractivity contribution in [1.82, 2.24) is 20.0 Å². The number of ether oxygens (including phenoxy) is 1. The molecule has 0 saturated carbocycles. The topological polar surface area (TPSA) is 54.7 Å². The van der Waals surface area contributed by atoms with Crippen molar-refractivity contribution in [3.8, 4) is 0 Å². The summed E-state index contributed by atoms with van der Waals surface area (Å²) in [5, 5.41) is 8.10. The summed E-state index contributed by atoms with van der Waals surface area (Å²) in [4.78, 5) is 7.21. The molecule has 2 unspecified atom stereocenters. The van der Waals surface area contributed by atoms with Crippen LogP contribution in [-0.4, -0.2) is 53.5 Å². The molecule has 1 N–H and O–H groups in total. The van der Waals surface area contributed by atoms with Crippen molar-refractivity contribution in [2.45, 2.75) is 73.0 Å². The van der Waals surface area contributed by atoms with Crippen molar-refractivity contribution in [2.24, 2.45) is 23.4 Å². The van der Waals surface area contributed by atoms with Crippen LogP contribution in [0.3, 0.4) is 0 Å². The molecule has 0 amide bonds. The minimum atomic E-state index is 0.146. The Labute approximate surface area is 171 Å². The van der Waals surface area contributed by atoms with E-state index in [1.54, 1.807) is 0 Å². The van der Waals surface area contributed by atoms with Crippen molar-refractivity contribution in [2.75, 3.05) is 26.7 Å². The van der Waals surface area contributed by atoms with Crippen LogP contribution in [0.15, 0.2) is 11.2 Å². The first-order valence-electron chi connectivity index (χ1n) is 10.8. The Balaban J connectivity index is 2.12. The molecule has 0 radical (unpaired) electrons. The van der Waals surface area contributed by atoms with Crippen molar-refractivity contribution < 1.29 is 4.74 Å². The summed E-state index contributed by atoms with van der Waals surface area (Å²) in [6.07, 6.45) is 4.71. The standard InChI is InChI=1S/C22H41N5O/c1-9-23-21(24-13-17-11-10-12-28-20(17)22(4,5)6)26(7)14-18-15-27(8)25-19(18)16(2)3/h15-17,20H,9-14H2,1-8H3,(H,23,24). The Kier molecular flexibility index (Phi) is 7.93. The van der Waals surface area contributed by atoms with E-state index in [1.165, 1.54) is 17.7 Å². The summed E-state index contributed by atoms with van der Waals surface area (Å²) in [6, 6.07) is 0. The highest BCUT2D eigenvalue weighted by atomic mass is 16.5. The first kappa shape index (κ1) is 22.7. The van der Waals surface area contributed by atoms with Gasteiger partial charge in [0.1, 0.15) is 0 Å². The highest BCUT2D eigenvalue weighted by molar-refractivity contribution is 5.79. The zero-order valence-corrected chi connectivity index (χ0v) is 19.2. The van der Waals surface area contributed by atoms with Crippen LogP contribution in [0.1, 0.15) is 71.6 Å². The predicted molar refractivity (Wildman–Crippen MR) is 117 cm³/mol. The number of nitrogens with one attached hydrogen (secondary N) is 1. The van der Waals surface area contributed by atoms with Crippen molar-refractivity contribution >= 4 is 5.96 Å². The van der Waals surface area contributed by atoms with Gasteiger partial charge in [-0.1, -0.05) is 34.6 Å². The van der Waals surface area contributed by atoms with Gasteiger partial charge in [-0.2, -0.15) is 5.10 Å². The van der Waals surface area contributed by atoms with Crippen molar-refractivity contribution in [1.29, 1.82) is 0 Å². The van der Waals surface area contributed by atoms with E-state index in [4.69, 9.17) is 9.73 Å². The number of hydrogen-bond donors (Lipinski definition) is 1. The number of aliphatic imine (C=N–C) groups is 1. The van der Waals surface area contributed by atoms with Gasteiger partial charge < -0.3 is 15.0 Å². The second-order valence-corrected chi connectivity index (χ2v) is 9.48. The van der Waals surface area contributed by atoms with E-state index in [0.717, 1.165) is 38.6 Å². The molecule has 0 spiro atoms. The summed E-state index contributed by atoms with van der Waals surface area (Å²) in [5.74, 6) is 1.84. The number of rotatable bonds is 6. The van der Waals surface area contributed by atoms with Crippen LogP contribution >= 0.6 is 0 Å². The average Bonchev–Trinajstić information content (AvgIpc) is 2.98. The van der Waals surface area contributed by atoms with Gasteiger partial charge in [-0.3, -0.25) is 9.67 Å². The smallest absolute Gasteiger partial charge is 0.193 e. The van der Waals surface area contributed by atoms with E-state index < -0.39 is 0 Å². The molecule has 1 aromatic heterocycles. The summed E-state index contributed by atoms with van der Waals surface area (Å²) in [5.41, 5.74) is 2.57. The van der Waals surface area contributed by atoms with Crippen LogP contribution in [0.2, 0.25) is 0 Å². The highest BCUT2D eigenvalue weighted by Crippen LogP contribution is 2.34. The molecule has 6 nitrogen and oxygen atoms in total. The number of aromatic nitrogens is 2. The van der Waals surface area contributed by atoms with E-state index in [1.807, 2.05) is 11.7 Å². The lowest BCUT2D eigenvalue weighted by Crippen LogP contribution is -2.43. The van der Waals surface area contributed by atoms with Gasteiger partial charge in [0.15, 0.2) is 5.96 Å². The lowest BCUT2D eigenvalue weighted by molar-refractivity contribution is -0.0824. The monoisotopic (exact) mass is 391 g/mol. The molecule has 0 aliphatic carbocycles. The van der Waals surface area contributed by atoms with Crippen LogP contribution in [0, 0.1) is 11.3 Å². The molecule has 0 bridgehead atoms. The van der Waals surface area contributed by atoms with Crippen LogP contribution in [0.4, 0.5) is 0 Å². The molecule has 1 aliphatic rings. The maximum absolute atomic E-state index is 6.13. The summed E-state index contributed by atoms with van der Waals surface area (Å²) in [6.45, 7) is 16.7. The molecule has 2 atom stereocenters. The first-order chi connectivity index (χ1) is 13.1. The normalized spacial score (nSPS) is 21.2. The van der Waals surface area contributed by atoms with Crippen LogP contribution < -0.4 is 5.32 Å². The summed E-state index contributed by atoms with van der Waals surface area (Å²) >= 11 is 0. The third-order valence-electron chi connectivity index (χ3n) is 5.36. The van der Waals surface area contributed by atoms with E-state index >= 15 is 0 Å². The number of aryl methyl sites for hydroxylation is 1. The van der Waals surface area contributed by atoms with Gasteiger partial charge in [0.2, 0.25) is 0 Å². The second-order valence-electron chi connectivity index (χ2n) is 9.48. The Morgan fingerprint density at radius 3 is 2.75 bits per heavy atom. The minimum absolute atomic E-state index is 0.146. The summed E-state index contributed by atoms with van der Waals surface area (Å²) < 4.78 is 8.05. The highest BCUT2D eigenvalue weighted by Gasteiger charge is 2.35. The summed E-state index contributed by atoms with van der Waals surface area (Å²) in [7, 11) is 4.10. The molecular weight excluding hydrogens is 350 g/mol.